The maximum atomic E-state index is 11.9. The number of urea groups is 1. The SMILES string of the molecule is CC1CCCN(CCNC(=O)NCC2(C)CCCCC2O)C1. The molecule has 1 heterocycles. The second-order valence-electron chi connectivity index (χ2n) is 7.57. The van der Waals surface area contributed by atoms with E-state index in [2.05, 4.69) is 29.4 Å². The molecule has 3 atom stereocenters. The van der Waals surface area contributed by atoms with Gasteiger partial charge in [-0.25, -0.2) is 4.79 Å². The van der Waals surface area contributed by atoms with Crippen LogP contribution in [0.1, 0.15) is 52.4 Å². The average molecular weight is 311 g/mol. The lowest BCUT2D eigenvalue weighted by Gasteiger charge is -2.38. The number of hydrogen-bond acceptors (Lipinski definition) is 3. The zero-order valence-electron chi connectivity index (χ0n) is 14.2. The van der Waals surface area contributed by atoms with Gasteiger partial charge in [-0.3, -0.25) is 0 Å². The third-order valence-corrected chi connectivity index (χ3v) is 5.39. The van der Waals surface area contributed by atoms with Crippen molar-refractivity contribution in [1.29, 1.82) is 0 Å². The Bertz CT molecular complexity index is 364. The van der Waals surface area contributed by atoms with E-state index in [1.165, 1.54) is 12.8 Å². The van der Waals surface area contributed by atoms with E-state index in [0.29, 0.717) is 13.1 Å². The summed E-state index contributed by atoms with van der Waals surface area (Å²) in [6.45, 7) is 8.84. The summed E-state index contributed by atoms with van der Waals surface area (Å²) in [7, 11) is 0. The first-order chi connectivity index (χ1) is 10.5. The number of aliphatic hydroxyl groups excluding tert-OH is 1. The molecule has 0 aromatic heterocycles. The molecule has 2 aliphatic rings. The number of carbonyl (C=O) groups is 1. The molecule has 0 radical (unpaired) electrons. The summed E-state index contributed by atoms with van der Waals surface area (Å²) >= 11 is 0. The molecule has 128 valence electrons. The second-order valence-corrected chi connectivity index (χ2v) is 7.57. The van der Waals surface area contributed by atoms with Gasteiger partial charge in [-0.15, -0.1) is 0 Å². The van der Waals surface area contributed by atoms with Gasteiger partial charge in [0.05, 0.1) is 6.10 Å². The van der Waals surface area contributed by atoms with Gasteiger partial charge in [-0.1, -0.05) is 26.7 Å². The molecule has 2 rings (SSSR count). The summed E-state index contributed by atoms with van der Waals surface area (Å²) in [5, 5.41) is 16.0. The van der Waals surface area contributed by atoms with E-state index in [4.69, 9.17) is 0 Å². The van der Waals surface area contributed by atoms with E-state index >= 15 is 0 Å². The zero-order chi connectivity index (χ0) is 16.0. The molecule has 0 spiro atoms. The Morgan fingerprint density at radius 2 is 2.09 bits per heavy atom. The minimum atomic E-state index is -0.295. The van der Waals surface area contributed by atoms with Crippen LogP contribution >= 0.6 is 0 Å². The van der Waals surface area contributed by atoms with Crippen molar-refractivity contribution in [1.82, 2.24) is 15.5 Å². The van der Waals surface area contributed by atoms with Gasteiger partial charge in [0.2, 0.25) is 0 Å². The molecule has 2 fully saturated rings. The van der Waals surface area contributed by atoms with Crippen molar-refractivity contribution in [2.45, 2.75) is 58.5 Å². The smallest absolute Gasteiger partial charge is 0.314 e. The highest BCUT2D eigenvalue weighted by atomic mass is 16.3. The van der Waals surface area contributed by atoms with Gasteiger partial charge in [0.15, 0.2) is 0 Å². The standard InChI is InChI=1S/C17H33N3O2/c1-14-6-5-10-20(12-14)11-9-18-16(22)19-13-17(2)8-4-3-7-15(17)21/h14-15,21H,3-13H2,1-2H3,(H2,18,19,22). The number of rotatable bonds is 5. The van der Waals surface area contributed by atoms with Crippen molar-refractivity contribution in [3.05, 3.63) is 0 Å². The van der Waals surface area contributed by atoms with Crippen LogP contribution < -0.4 is 10.6 Å². The van der Waals surface area contributed by atoms with Gasteiger partial charge < -0.3 is 20.6 Å². The monoisotopic (exact) mass is 311 g/mol. The zero-order valence-corrected chi connectivity index (χ0v) is 14.2. The van der Waals surface area contributed by atoms with Crippen LogP contribution in [-0.4, -0.2) is 54.9 Å². The first-order valence-corrected chi connectivity index (χ1v) is 8.92. The highest BCUT2D eigenvalue weighted by Gasteiger charge is 2.35. The van der Waals surface area contributed by atoms with Crippen molar-refractivity contribution >= 4 is 6.03 Å². The van der Waals surface area contributed by atoms with E-state index in [1.807, 2.05) is 0 Å². The Morgan fingerprint density at radius 1 is 1.27 bits per heavy atom. The van der Waals surface area contributed by atoms with E-state index in [-0.39, 0.29) is 17.6 Å². The third kappa shape index (κ3) is 5.13. The minimum Gasteiger partial charge on any atom is -0.392 e. The van der Waals surface area contributed by atoms with Crippen LogP contribution in [0.2, 0.25) is 0 Å². The summed E-state index contributed by atoms with van der Waals surface area (Å²) in [6, 6.07) is -0.107. The summed E-state index contributed by atoms with van der Waals surface area (Å²) in [5.74, 6) is 0.773. The predicted molar refractivity (Wildman–Crippen MR) is 88.8 cm³/mol. The number of amides is 2. The molecular weight excluding hydrogens is 278 g/mol. The number of aliphatic hydroxyl groups is 1. The van der Waals surface area contributed by atoms with E-state index in [0.717, 1.165) is 51.2 Å². The number of likely N-dealkylation sites (tertiary alicyclic amines) is 1. The first kappa shape index (κ1) is 17.5. The summed E-state index contributed by atoms with van der Waals surface area (Å²) in [6.07, 6.45) is 6.37. The molecule has 5 heteroatoms. The van der Waals surface area contributed by atoms with E-state index in [1.54, 1.807) is 0 Å². The van der Waals surface area contributed by atoms with Crippen LogP contribution in [0.25, 0.3) is 0 Å². The summed E-state index contributed by atoms with van der Waals surface area (Å²) in [4.78, 5) is 14.3. The van der Waals surface area contributed by atoms with Gasteiger partial charge >= 0.3 is 6.03 Å². The van der Waals surface area contributed by atoms with Crippen molar-refractivity contribution in [2.24, 2.45) is 11.3 Å². The topological polar surface area (TPSA) is 64.6 Å². The molecule has 1 saturated carbocycles. The first-order valence-electron chi connectivity index (χ1n) is 8.92. The Hall–Kier alpha value is -0.810. The molecule has 1 aliphatic carbocycles. The molecule has 2 amide bonds. The molecule has 0 aromatic carbocycles. The van der Waals surface area contributed by atoms with Crippen LogP contribution in [-0.2, 0) is 0 Å². The van der Waals surface area contributed by atoms with Crippen LogP contribution in [0, 0.1) is 11.3 Å². The van der Waals surface area contributed by atoms with Crippen molar-refractivity contribution in [2.75, 3.05) is 32.7 Å². The molecular formula is C17H33N3O2. The van der Waals surface area contributed by atoms with Crippen LogP contribution in [0.4, 0.5) is 4.79 Å². The highest BCUT2D eigenvalue weighted by Crippen LogP contribution is 2.35. The Morgan fingerprint density at radius 3 is 2.82 bits per heavy atom. The fraction of sp³-hybridized carbons (Fsp3) is 0.941. The number of nitrogens with one attached hydrogen (secondary N) is 2. The van der Waals surface area contributed by atoms with Gasteiger partial charge in [0.25, 0.3) is 0 Å². The van der Waals surface area contributed by atoms with Crippen molar-refractivity contribution in [3.63, 3.8) is 0 Å². The maximum absolute atomic E-state index is 11.9. The fourth-order valence-corrected chi connectivity index (χ4v) is 3.75. The van der Waals surface area contributed by atoms with Crippen LogP contribution in [0.3, 0.4) is 0 Å². The van der Waals surface area contributed by atoms with Crippen molar-refractivity contribution < 1.29 is 9.90 Å². The summed E-state index contributed by atoms with van der Waals surface area (Å²) in [5.41, 5.74) is -0.169. The lowest BCUT2D eigenvalue weighted by Crippen LogP contribution is -2.49. The van der Waals surface area contributed by atoms with E-state index < -0.39 is 0 Å². The molecule has 0 aromatic rings. The van der Waals surface area contributed by atoms with Gasteiger partial charge in [-0.2, -0.15) is 0 Å². The molecule has 3 N–H and O–H groups in total. The predicted octanol–water partition coefficient (Wildman–Crippen LogP) is 1.96. The Balaban J connectivity index is 1.61. The molecule has 5 nitrogen and oxygen atoms in total. The van der Waals surface area contributed by atoms with Gasteiger partial charge in [0, 0.05) is 31.6 Å². The average Bonchev–Trinajstić information content (AvgIpc) is 2.49. The van der Waals surface area contributed by atoms with E-state index in [9.17, 15) is 9.90 Å². The number of nitrogens with zero attached hydrogens (tertiary/aromatic N) is 1. The molecule has 1 saturated heterocycles. The molecule has 1 aliphatic heterocycles. The lowest BCUT2D eigenvalue weighted by atomic mass is 9.73. The third-order valence-electron chi connectivity index (χ3n) is 5.39. The van der Waals surface area contributed by atoms with Crippen LogP contribution in [0.15, 0.2) is 0 Å². The second kappa shape index (κ2) is 8.16. The van der Waals surface area contributed by atoms with Crippen molar-refractivity contribution in [3.8, 4) is 0 Å². The molecule has 3 unspecified atom stereocenters. The Labute approximate surface area is 134 Å². The number of piperidine rings is 1. The minimum absolute atomic E-state index is 0.107. The highest BCUT2D eigenvalue weighted by molar-refractivity contribution is 5.73. The number of carbonyl (C=O) groups excluding carboxylic acids is 1. The van der Waals surface area contributed by atoms with Gasteiger partial charge in [0.1, 0.15) is 0 Å². The molecule has 0 bridgehead atoms. The summed E-state index contributed by atoms with van der Waals surface area (Å²) < 4.78 is 0. The van der Waals surface area contributed by atoms with Crippen LogP contribution in [0.5, 0.6) is 0 Å². The molecule has 22 heavy (non-hydrogen) atoms. The van der Waals surface area contributed by atoms with Gasteiger partial charge in [-0.05, 0) is 38.1 Å². The maximum Gasteiger partial charge on any atom is 0.314 e. The quantitative estimate of drug-likeness (QED) is 0.727. The number of hydrogen-bond donors (Lipinski definition) is 3. The fourth-order valence-electron chi connectivity index (χ4n) is 3.75. The lowest BCUT2D eigenvalue weighted by molar-refractivity contribution is 0.00308. The Kier molecular flexibility index (Phi) is 6.50. The normalized spacial score (nSPS) is 33.4. The largest absolute Gasteiger partial charge is 0.392 e.